The molecule has 0 aliphatic heterocycles. The van der Waals surface area contributed by atoms with E-state index in [1.165, 1.54) is 17.3 Å². The van der Waals surface area contributed by atoms with Gasteiger partial charge in [0.25, 0.3) is 5.56 Å². The number of benzene rings is 2. The highest BCUT2D eigenvalue weighted by atomic mass is 32.2. The number of carbonyl (C=O) groups excluding carboxylic acids is 1. The molecule has 0 bridgehead atoms. The molecule has 0 atom stereocenters. The van der Waals surface area contributed by atoms with Crippen LogP contribution in [0.2, 0.25) is 0 Å². The minimum absolute atomic E-state index is 0.132. The van der Waals surface area contributed by atoms with E-state index in [1.54, 1.807) is 23.0 Å². The number of thioether (sulfide) groups is 1. The molecular formula is C24H22N4O2S. The summed E-state index contributed by atoms with van der Waals surface area (Å²) in [5, 5.41) is 3.96. The first-order valence-corrected chi connectivity index (χ1v) is 11.0. The fraction of sp³-hybridized carbons (Fsp3) is 0.167. The third kappa shape index (κ3) is 5.00. The van der Waals surface area contributed by atoms with Gasteiger partial charge in [0.2, 0.25) is 5.91 Å². The van der Waals surface area contributed by atoms with Gasteiger partial charge in [-0.1, -0.05) is 49.0 Å². The molecule has 6 nitrogen and oxygen atoms in total. The van der Waals surface area contributed by atoms with Gasteiger partial charge in [0, 0.05) is 18.1 Å². The van der Waals surface area contributed by atoms with Crippen molar-refractivity contribution in [2.24, 2.45) is 0 Å². The number of para-hydroxylation sites is 1. The molecule has 0 saturated heterocycles. The summed E-state index contributed by atoms with van der Waals surface area (Å²) in [5.74, 6) is -0.00235. The third-order valence-electron chi connectivity index (χ3n) is 4.87. The maximum absolute atomic E-state index is 13.1. The van der Waals surface area contributed by atoms with Crippen molar-refractivity contribution in [2.75, 3.05) is 11.1 Å². The largest absolute Gasteiger partial charge is 0.325 e. The molecule has 2 heterocycles. The van der Waals surface area contributed by atoms with Gasteiger partial charge in [-0.2, -0.15) is 0 Å². The van der Waals surface area contributed by atoms with E-state index in [0.29, 0.717) is 22.6 Å². The zero-order valence-corrected chi connectivity index (χ0v) is 17.9. The summed E-state index contributed by atoms with van der Waals surface area (Å²) in [4.78, 5) is 34.4. The van der Waals surface area contributed by atoms with E-state index in [-0.39, 0.29) is 17.2 Å². The zero-order valence-electron chi connectivity index (χ0n) is 17.1. The molecule has 0 aliphatic rings. The average molecular weight is 431 g/mol. The Balaban J connectivity index is 1.57. The summed E-state index contributed by atoms with van der Waals surface area (Å²) in [7, 11) is 0. The van der Waals surface area contributed by atoms with E-state index in [2.05, 4.69) is 22.2 Å². The number of rotatable bonds is 7. The molecule has 4 rings (SSSR count). The Kier molecular flexibility index (Phi) is 6.43. The lowest BCUT2D eigenvalue weighted by atomic mass is 10.1. The molecular weight excluding hydrogens is 408 g/mol. The average Bonchev–Trinajstić information content (AvgIpc) is 2.81. The molecule has 156 valence electrons. The van der Waals surface area contributed by atoms with Crippen LogP contribution in [0.15, 0.2) is 83.0 Å². The molecule has 0 aliphatic carbocycles. The minimum Gasteiger partial charge on any atom is -0.325 e. The minimum atomic E-state index is -0.149. The summed E-state index contributed by atoms with van der Waals surface area (Å²) in [6.45, 7) is 2.43. The van der Waals surface area contributed by atoms with Gasteiger partial charge in [0.15, 0.2) is 5.16 Å². The van der Waals surface area contributed by atoms with Crippen LogP contribution in [-0.4, -0.2) is 26.2 Å². The van der Waals surface area contributed by atoms with E-state index < -0.39 is 0 Å². The molecule has 7 heteroatoms. The van der Waals surface area contributed by atoms with Crippen molar-refractivity contribution < 1.29 is 4.79 Å². The van der Waals surface area contributed by atoms with Crippen LogP contribution in [0.5, 0.6) is 0 Å². The second-order valence-electron chi connectivity index (χ2n) is 7.05. The standard InChI is InChI=1S/C24H22N4O2S/c1-2-17-9-11-19(12-10-17)26-22(29)16-31-24-27-21-8-4-3-7-20(21)23(30)28(24)15-18-6-5-13-25-14-18/h3-14H,2,15-16H2,1H3,(H,26,29). The maximum atomic E-state index is 13.1. The van der Waals surface area contributed by atoms with Gasteiger partial charge in [-0.05, 0) is 47.9 Å². The zero-order chi connectivity index (χ0) is 21.6. The quantitative estimate of drug-likeness (QED) is 0.352. The van der Waals surface area contributed by atoms with Crippen molar-refractivity contribution in [2.45, 2.75) is 25.0 Å². The number of hydrogen-bond donors (Lipinski definition) is 1. The fourth-order valence-corrected chi connectivity index (χ4v) is 4.02. The lowest BCUT2D eigenvalue weighted by Gasteiger charge is -2.13. The van der Waals surface area contributed by atoms with Crippen LogP contribution < -0.4 is 10.9 Å². The van der Waals surface area contributed by atoms with Gasteiger partial charge in [-0.25, -0.2) is 4.98 Å². The van der Waals surface area contributed by atoms with Gasteiger partial charge in [0.1, 0.15) is 0 Å². The predicted octanol–water partition coefficient (Wildman–Crippen LogP) is 4.13. The van der Waals surface area contributed by atoms with E-state index in [4.69, 9.17) is 0 Å². The lowest BCUT2D eigenvalue weighted by molar-refractivity contribution is -0.113. The molecule has 1 amide bonds. The highest BCUT2D eigenvalue weighted by Crippen LogP contribution is 2.19. The van der Waals surface area contributed by atoms with Crippen LogP contribution in [0.25, 0.3) is 10.9 Å². The highest BCUT2D eigenvalue weighted by Gasteiger charge is 2.14. The molecule has 0 saturated carbocycles. The summed E-state index contributed by atoms with van der Waals surface area (Å²) in [6.07, 6.45) is 4.37. The Labute approximate surface area is 184 Å². The van der Waals surface area contributed by atoms with Crippen molar-refractivity contribution in [1.82, 2.24) is 14.5 Å². The molecule has 0 radical (unpaired) electrons. The molecule has 0 unspecified atom stereocenters. The van der Waals surface area contributed by atoms with Gasteiger partial charge in [-0.15, -0.1) is 0 Å². The number of hydrogen-bond acceptors (Lipinski definition) is 5. The monoisotopic (exact) mass is 430 g/mol. The molecule has 2 aromatic carbocycles. The van der Waals surface area contributed by atoms with Gasteiger partial charge in [0.05, 0.1) is 23.2 Å². The van der Waals surface area contributed by atoms with Crippen LogP contribution in [0, 0.1) is 0 Å². The Morgan fingerprint density at radius 3 is 2.58 bits per heavy atom. The number of anilines is 1. The Bertz CT molecular complexity index is 1250. The van der Waals surface area contributed by atoms with Gasteiger partial charge < -0.3 is 5.32 Å². The van der Waals surface area contributed by atoms with E-state index in [1.807, 2.05) is 54.6 Å². The second-order valence-corrected chi connectivity index (χ2v) is 7.99. The second kappa shape index (κ2) is 9.57. The number of aryl methyl sites for hydroxylation is 1. The Morgan fingerprint density at radius 1 is 1.03 bits per heavy atom. The Morgan fingerprint density at radius 2 is 1.84 bits per heavy atom. The third-order valence-corrected chi connectivity index (χ3v) is 5.84. The number of aromatic nitrogens is 3. The molecule has 0 spiro atoms. The maximum Gasteiger partial charge on any atom is 0.262 e. The first kappa shape index (κ1) is 20.8. The first-order chi connectivity index (χ1) is 15.1. The van der Waals surface area contributed by atoms with E-state index in [0.717, 1.165) is 17.7 Å². The number of amides is 1. The summed E-state index contributed by atoms with van der Waals surface area (Å²) in [6, 6.07) is 18.8. The number of carbonyl (C=O) groups is 1. The van der Waals surface area contributed by atoms with Crippen molar-refractivity contribution in [3.8, 4) is 0 Å². The van der Waals surface area contributed by atoms with E-state index >= 15 is 0 Å². The van der Waals surface area contributed by atoms with Crippen molar-refractivity contribution >= 4 is 34.3 Å². The number of nitrogens with zero attached hydrogens (tertiary/aromatic N) is 3. The smallest absolute Gasteiger partial charge is 0.262 e. The summed E-state index contributed by atoms with van der Waals surface area (Å²) < 4.78 is 1.60. The molecule has 31 heavy (non-hydrogen) atoms. The predicted molar refractivity (Wildman–Crippen MR) is 125 cm³/mol. The molecule has 1 N–H and O–H groups in total. The molecule has 2 aromatic heterocycles. The van der Waals surface area contributed by atoms with Gasteiger partial charge in [-0.3, -0.25) is 19.1 Å². The van der Waals surface area contributed by atoms with Crippen molar-refractivity contribution in [3.05, 3.63) is 94.5 Å². The van der Waals surface area contributed by atoms with Crippen molar-refractivity contribution in [1.29, 1.82) is 0 Å². The Hall–Kier alpha value is -3.45. The van der Waals surface area contributed by atoms with Crippen LogP contribution in [-0.2, 0) is 17.8 Å². The summed E-state index contributed by atoms with van der Waals surface area (Å²) >= 11 is 1.25. The number of nitrogens with one attached hydrogen (secondary N) is 1. The topological polar surface area (TPSA) is 76.9 Å². The highest BCUT2D eigenvalue weighted by molar-refractivity contribution is 7.99. The number of pyridine rings is 1. The van der Waals surface area contributed by atoms with Crippen LogP contribution in [0.1, 0.15) is 18.1 Å². The van der Waals surface area contributed by atoms with Crippen LogP contribution in [0.3, 0.4) is 0 Å². The number of fused-ring (bicyclic) bond motifs is 1. The van der Waals surface area contributed by atoms with Crippen LogP contribution in [0.4, 0.5) is 5.69 Å². The first-order valence-electron chi connectivity index (χ1n) is 10.0. The summed E-state index contributed by atoms with van der Waals surface area (Å²) in [5.41, 5.74) is 3.35. The normalized spacial score (nSPS) is 10.9. The SMILES string of the molecule is CCc1ccc(NC(=O)CSc2nc3ccccc3c(=O)n2Cc2cccnc2)cc1. The molecule has 0 fully saturated rings. The van der Waals surface area contributed by atoms with Crippen molar-refractivity contribution in [3.63, 3.8) is 0 Å². The molecule has 4 aromatic rings. The van der Waals surface area contributed by atoms with E-state index in [9.17, 15) is 9.59 Å². The van der Waals surface area contributed by atoms with Crippen LogP contribution >= 0.6 is 11.8 Å². The lowest BCUT2D eigenvalue weighted by Crippen LogP contribution is -2.25. The fourth-order valence-electron chi connectivity index (χ4n) is 3.22. The van der Waals surface area contributed by atoms with Gasteiger partial charge >= 0.3 is 0 Å².